The summed E-state index contributed by atoms with van der Waals surface area (Å²) in [6.07, 6.45) is 3.92. The van der Waals surface area contributed by atoms with E-state index in [0.717, 1.165) is 6.42 Å². The third-order valence-electron chi connectivity index (χ3n) is 5.41. The molecule has 2 aromatic rings. The zero-order valence-electron chi connectivity index (χ0n) is 14.8. The van der Waals surface area contributed by atoms with Gasteiger partial charge in [-0.2, -0.15) is 5.10 Å². The molecule has 0 radical (unpaired) electrons. The van der Waals surface area contributed by atoms with Crippen LogP contribution in [0.15, 0.2) is 22.9 Å². The molecule has 2 aliphatic rings. The van der Waals surface area contributed by atoms with E-state index in [9.17, 15) is 9.59 Å². The van der Waals surface area contributed by atoms with Gasteiger partial charge in [-0.15, -0.1) is 0 Å². The molecule has 1 spiro atoms. The molecule has 9 heteroatoms. The van der Waals surface area contributed by atoms with Gasteiger partial charge in [-0.1, -0.05) is 0 Å². The van der Waals surface area contributed by atoms with E-state index in [1.807, 2.05) is 19.3 Å². The molecule has 2 saturated heterocycles. The number of methoxy groups -OCH3 is 1. The van der Waals surface area contributed by atoms with Gasteiger partial charge in [0.2, 0.25) is 11.7 Å². The van der Waals surface area contributed by atoms with Crippen LogP contribution in [0, 0.1) is 5.41 Å². The molecule has 2 aliphatic heterocycles. The molecule has 4 rings (SSSR count). The number of nitrogens with zero attached hydrogens (tertiary/aromatic N) is 5. The standard InChI is InChI=1S/C17H21N5O4/c1-20-7-3-13(18-20)22-10-6-17(16(22)24)4-8-21(9-5-17)15(23)12-11-14(25-2)19-26-12/h3,7,11H,4-6,8-10H2,1-2H3. The van der Waals surface area contributed by atoms with E-state index in [2.05, 4.69) is 10.3 Å². The summed E-state index contributed by atoms with van der Waals surface area (Å²) < 4.78 is 11.7. The van der Waals surface area contributed by atoms with Crippen molar-refractivity contribution in [3.05, 3.63) is 24.1 Å². The van der Waals surface area contributed by atoms with Crippen molar-refractivity contribution in [3.63, 3.8) is 0 Å². The average Bonchev–Trinajstić information content (AvgIpc) is 3.36. The van der Waals surface area contributed by atoms with Gasteiger partial charge in [-0.05, 0) is 24.4 Å². The Kier molecular flexibility index (Phi) is 3.93. The van der Waals surface area contributed by atoms with Gasteiger partial charge in [0.05, 0.1) is 18.6 Å². The molecule has 2 amide bonds. The summed E-state index contributed by atoms with van der Waals surface area (Å²) in [4.78, 5) is 29.0. The highest BCUT2D eigenvalue weighted by Gasteiger charge is 2.49. The number of hydrogen-bond acceptors (Lipinski definition) is 6. The molecule has 0 bridgehead atoms. The predicted molar refractivity (Wildman–Crippen MR) is 90.8 cm³/mol. The Morgan fingerprint density at radius 2 is 2.00 bits per heavy atom. The van der Waals surface area contributed by atoms with Gasteiger partial charge in [-0.25, -0.2) is 0 Å². The summed E-state index contributed by atoms with van der Waals surface area (Å²) in [6, 6.07) is 3.34. The summed E-state index contributed by atoms with van der Waals surface area (Å²) in [7, 11) is 3.30. The van der Waals surface area contributed by atoms with Gasteiger partial charge in [0.15, 0.2) is 5.82 Å². The first-order valence-corrected chi connectivity index (χ1v) is 8.64. The molecule has 26 heavy (non-hydrogen) atoms. The fraction of sp³-hybridized carbons (Fsp3) is 0.529. The quantitative estimate of drug-likeness (QED) is 0.814. The number of rotatable bonds is 3. The third kappa shape index (κ3) is 2.63. The van der Waals surface area contributed by atoms with Crippen LogP contribution in [0.25, 0.3) is 0 Å². The van der Waals surface area contributed by atoms with Crippen molar-refractivity contribution in [3.8, 4) is 5.88 Å². The lowest BCUT2D eigenvalue weighted by atomic mass is 9.77. The largest absolute Gasteiger partial charge is 0.479 e. The maximum atomic E-state index is 13.0. The van der Waals surface area contributed by atoms with Crippen molar-refractivity contribution in [1.29, 1.82) is 0 Å². The molecule has 0 aliphatic carbocycles. The summed E-state index contributed by atoms with van der Waals surface area (Å²) in [5, 5.41) is 8.01. The molecule has 0 unspecified atom stereocenters. The smallest absolute Gasteiger partial charge is 0.292 e. The summed E-state index contributed by atoms with van der Waals surface area (Å²) >= 11 is 0. The first kappa shape index (κ1) is 16.6. The van der Waals surface area contributed by atoms with Gasteiger partial charge in [0, 0.05) is 38.9 Å². The lowest BCUT2D eigenvalue weighted by Gasteiger charge is -2.37. The van der Waals surface area contributed by atoms with Crippen molar-refractivity contribution < 1.29 is 18.8 Å². The summed E-state index contributed by atoms with van der Waals surface area (Å²) in [5.41, 5.74) is -0.395. The van der Waals surface area contributed by atoms with Crippen LogP contribution in [0.4, 0.5) is 5.82 Å². The van der Waals surface area contributed by atoms with Crippen molar-refractivity contribution in [2.24, 2.45) is 12.5 Å². The van der Waals surface area contributed by atoms with Crippen molar-refractivity contribution >= 4 is 17.6 Å². The van der Waals surface area contributed by atoms with Crippen molar-refractivity contribution in [2.75, 3.05) is 31.6 Å². The second-order valence-corrected chi connectivity index (χ2v) is 6.86. The van der Waals surface area contributed by atoms with Crippen LogP contribution < -0.4 is 9.64 Å². The zero-order chi connectivity index (χ0) is 18.3. The van der Waals surface area contributed by atoms with Gasteiger partial charge in [0.25, 0.3) is 11.8 Å². The number of anilines is 1. The van der Waals surface area contributed by atoms with Crippen molar-refractivity contribution in [1.82, 2.24) is 19.8 Å². The Balaban J connectivity index is 1.43. The van der Waals surface area contributed by atoms with E-state index in [0.29, 0.717) is 38.3 Å². The molecule has 2 fully saturated rings. The topological polar surface area (TPSA) is 93.7 Å². The number of carbonyl (C=O) groups excluding carboxylic acids is 2. The maximum absolute atomic E-state index is 13.0. The lowest BCUT2D eigenvalue weighted by Crippen LogP contribution is -2.46. The molecular formula is C17H21N5O4. The van der Waals surface area contributed by atoms with Crippen LogP contribution in [0.2, 0.25) is 0 Å². The fourth-order valence-electron chi connectivity index (χ4n) is 3.80. The predicted octanol–water partition coefficient (Wildman–Crippen LogP) is 1.08. The molecule has 0 aromatic carbocycles. The maximum Gasteiger partial charge on any atom is 0.292 e. The number of piperidine rings is 1. The van der Waals surface area contributed by atoms with E-state index in [1.54, 1.807) is 14.5 Å². The molecule has 0 atom stereocenters. The van der Waals surface area contributed by atoms with E-state index in [4.69, 9.17) is 9.26 Å². The lowest BCUT2D eigenvalue weighted by molar-refractivity contribution is -0.127. The van der Waals surface area contributed by atoms with Crippen LogP contribution in [0.1, 0.15) is 29.8 Å². The number of aromatic nitrogens is 3. The number of likely N-dealkylation sites (tertiary alicyclic amines) is 1. The monoisotopic (exact) mass is 359 g/mol. The molecule has 138 valence electrons. The number of hydrogen-bond donors (Lipinski definition) is 0. The van der Waals surface area contributed by atoms with Crippen LogP contribution in [0.5, 0.6) is 5.88 Å². The normalized spacial score (nSPS) is 19.4. The number of carbonyl (C=O) groups is 2. The van der Waals surface area contributed by atoms with Crippen LogP contribution in [0.3, 0.4) is 0 Å². The van der Waals surface area contributed by atoms with Gasteiger partial charge < -0.3 is 14.2 Å². The highest BCUT2D eigenvalue weighted by molar-refractivity contribution is 5.99. The first-order valence-electron chi connectivity index (χ1n) is 8.64. The zero-order valence-corrected chi connectivity index (χ0v) is 14.8. The summed E-state index contributed by atoms with van der Waals surface area (Å²) in [5.74, 6) is 1.03. The van der Waals surface area contributed by atoms with Crippen molar-refractivity contribution in [2.45, 2.75) is 19.3 Å². The Morgan fingerprint density at radius 1 is 1.27 bits per heavy atom. The Bertz CT molecular complexity index is 834. The molecule has 2 aromatic heterocycles. The Morgan fingerprint density at radius 3 is 2.62 bits per heavy atom. The van der Waals surface area contributed by atoms with Crippen LogP contribution in [-0.4, -0.2) is 58.4 Å². The number of ether oxygens (including phenoxy) is 1. The second-order valence-electron chi connectivity index (χ2n) is 6.86. The second kappa shape index (κ2) is 6.15. The van der Waals surface area contributed by atoms with E-state index in [1.165, 1.54) is 13.2 Å². The molecular weight excluding hydrogens is 338 g/mol. The Labute approximate surface area is 150 Å². The average molecular weight is 359 g/mol. The van der Waals surface area contributed by atoms with Gasteiger partial charge in [0.1, 0.15) is 0 Å². The van der Waals surface area contributed by atoms with Gasteiger partial charge >= 0.3 is 0 Å². The molecule has 0 N–H and O–H groups in total. The highest BCUT2D eigenvalue weighted by atomic mass is 16.5. The fourth-order valence-corrected chi connectivity index (χ4v) is 3.80. The number of amides is 2. The third-order valence-corrected chi connectivity index (χ3v) is 5.41. The minimum Gasteiger partial charge on any atom is -0.479 e. The van der Waals surface area contributed by atoms with Crippen LogP contribution >= 0.6 is 0 Å². The highest BCUT2D eigenvalue weighted by Crippen LogP contribution is 2.43. The number of aryl methyl sites for hydroxylation is 1. The minimum atomic E-state index is -0.395. The first-order chi connectivity index (χ1) is 12.5. The van der Waals surface area contributed by atoms with Gasteiger partial charge in [-0.3, -0.25) is 19.2 Å². The van der Waals surface area contributed by atoms with Crippen LogP contribution in [-0.2, 0) is 11.8 Å². The van der Waals surface area contributed by atoms with E-state index >= 15 is 0 Å². The Hall–Kier alpha value is -2.84. The van der Waals surface area contributed by atoms with E-state index in [-0.39, 0.29) is 23.5 Å². The molecule has 4 heterocycles. The minimum absolute atomic E-state index is 0.115. The molecule has 9 nitrogen and oxygen atoms in total. The molecule has 0 saturated carbocycles. The SMILES string of the molecule is COc1cc(C(=O)N2CCC3(CC2)CCN(c2ccn(C)n2)C3=O)on1. The van der Waals surface area contributed by atoms with E-state index < -0.39 is 5.41 Å². The summed E-state index contributed by atoms with van der Waals surface area (Å²) in [6.45, 7) is 1.70.